The molecule has 0 aliphatic carbocycles. The van der Waals surface area contributed by atoms with Gasteiger partial charge in [0, 0.05) is 6.07 Å². The molecule has 0 fully saturated rings. The number of aromatic nitrogens is 2. The summed E-state index contributed by atoms with van der Waals surface area (Å²) in [5.74, 6) is 0. The fourth-order valence-corrected chi connectivity index (χ4v) is 1.56. The molecule has 72 valence electrons. The number of rotatable bonds is 1. The normalized spacial score (nSPS) is 10.7. The fraction of sp³-hybridized carbons (Fsp3) is 0.222. The van der Waals surface area contributed by atoms with E-state index in [9.17, 15) is 10.1 Å². The number of nitro benzene ring substituents is 1. The summed E-state index contributed by atoms with van der Waals surface area (Å²) in [5.41, 5.74) is 1.01. The van der Waals surface area contributed by atoms with E-state index in [0.29, 0.717) is 5.39 Å². The molecule has 0 aliphatic rings. The molecule has 1 aromatic carbocycles. The number of non-ortho nitro benzene ring substituents is 1. The Bertz CT molecular complexity index is 516. The lowest BCUT2D eigenvalue weighted by Crippen LogP contribution is -2.35. The van der Waals surface area contributed by atoms with Crippen molar-refractivity contribution in [2.24, 2.45) is 14.1 Å². The summed E-state index contributed by atoms with van der Waals surface area (Å²) in [6.45, 7) is 0. The van der Waals surface area contributed by atoms with Crippen molar-refractivity contribution in [3.8, 4) is 0 Å². The molecule has 0 spiro atoms. The molecule has 0 unspecified atom stereocenters. The molecule has 0 amide bonds. The number of aryl methyl sites for hydroxylation is 2. The predicted octanol–water partition coefficient (Wildman–Crippen LogP) is 0.911. The standard InChI is InChI=1S/C9H10N3O2/c1-10-6-7-8(11(10)2)4-3-5-9(7)12(13)14/h3-6H,1-2H3/q+1. The Balaban J connectivity index is 2.88. The minimum absolute atomic E-state index is 0.152. The lowest BCUT2D eigenvalue weighted by atomic mass is 10.2. The molecule has 0 atom stereocenters. The summed E-state index contributed by atoms with van der Waals surface area (Å²) >= 11 is 0. The minimum Gasteiger partial charge on any atom is -0.258 e. The molecule has 2 rings (SSSR count). The SMILES string of the molecule is Cn1c2cccc([N+](=O)[O-])c2c[n+]1C. The van der Waals surface area contributed by atoms with E-state index in [1.807, 2.05) is 29.5 Å². The highest BCUT2D eigenvalue weighted by Crippen LogP contribution is 2.23. The first-order valence-electron chi connectivity index (χ1n) is 4.20. The van der Waals surface area contributed by atoms with E-state index in [1.165, 1.54) is 6.07 Å². The number of nitrogens with zero attached hydrogens (tertiary/aromatic N) is 3. The third-order valence-electron chi connectivity index (χ3n) is 2.39. The molecule has 5 heteroatoms. The van der Waals surface area contributed by atoms with E-state index in [4.69, 9.17) is 0 Å². The van der Waals surface area contributed by atoms with E-state index in [0.717, 1.165) is 5.52 Å². The highest BCUT2D eigenvalue weighted by molar-refractivity contribution is 5.86. The van der Waals surface area contributed by atoms with Crippen LogP contribution in [0.2, 0.25) is 0 Å². The fourth-order valence-electron chi connectivity index (χ4n) is 1.56. The maximum absolute atomic E-state index is 10.7. The van der Waals surface area contributed by atoms with E-state index < -0.39 is 0 Å². The first kappa shape index (κ1) is 8.68. The Labute approximate surface area is 80.3 Å². The number of hydrogen-bond acceptors (Lipinski definition) is 2. The number of hydrogen-bond donors (Lipinski definition) is 0. The molecule has 0 saturated carbocycles. The van der Waals surface area contributed by atoms with E-state index >= 15 is 0 Å². The molecular weight excluding hydrogens is 182 g/mol. The van der Waals surface area contributed by atoms with Gasteiger partial charge in [-0.05, 0) is 6.07 Å². The summed E-state index contributed by atoms with van der Waals surface area (Å²) in [5, 5.41) is 11.4. The van der Waals surface area contributed by atoms with Gasteiger partial charge >= 0.3 is 0 Å². The minimum atomic E-state index is -0.359. The number of benzene rings is 1. The van der Waals surface area contributed by atoms with Crippen molar-refractivity contribution in [2.75, 3.05) is 0 Å². The molecule has 0 bridgehead atoms. The molecule has 1 heterocycles. The molecule has 0 aliphatic heterocycles. The molecule has 2 aromatic rings. The van der Waals surface area contributed by atoms with Crippen molar-refractivity contribution in [2.45, 2.75) is 0 Å². The van der Waals surface area contributed by atoms with Crippen molar-refractivity contribution < 1.29 is 9.61 Å². The second kappa shape index (κ2) is 2.80. The van der Waals surface area contributed by atoms with Crippen LogP contribution >= 0.6 is 0 Å². The van der Waals surface area contributed by atoms with Gasteiger partial charge in [-0.2, -0.15) is 4.68 Å². The van der Waals surface area contributed by atoms with Gasteiger partial charge in [0.25, 0.3) is 5.69 Å². The average molecular weight is 192 g/mol. The Morgan fingerprint density at radius 3 is 2.86 bits per heavy atom. The smallest absolute Gasteiger partial charge is 0.258 e. The lowest BCUT2D eigenvalue weighted by Gasteiger charge is -1.92. The van der Waals surface area contributed by atoms with Gasteiger partial charge in [-0.15, -0.1) is 4.68 Å². The third kappa shape index (κ3) is 1.06. The molecule has 0 radical (unpaired) electrons. The van der Waals surface area contributed by atoms with Gasteiger partial charge in [0.1, 0.15) is 10.9 Å². The predicted molar refractivity (Wildman–Crippen MR) is 50.7 cm³/mol. The second-order valence-electron chi connectivity index (χ2n) is 3.19. The average Bonchev–Trinajstić information content (AvgIpc) is 2.43. The van der Waals surface area contributed by atoms with Crippen LogP contribution in [0.4, 0.5) is 5.69 Å². The molecule has 1 aromatic heterocycles. The van der Waals surface area contributed by atoms with Crippen LogP contribution in [0.3, 0.4) is 0 Å². The molecule has 0 N–H and O–H groups in total. The molecule has 5 nitrogen and oxygen atoms in total. The van der Waals surface area contributed by atoms with Crippen LogP contribution in [0.5, 0.6) is 0 Å². The monoisotopic (exact) mass is 192 g/mol. The topological polar surface area (TPSA) is 51.9 Å². The Morgan fingerprint density at radius 2 is 2.21 bits per heavy atom. The van der Waals surface area contributed by atoms with E-state index in [-0.39, 0.29) is 10.6 Å². The number of fused-ring (bicyclic) bond motifs is 1. The van der Waals surface area contributed by atoms with Gasteiger partial charge in [0.05, 0.1) is 12.0 Å². The van der Waals surface area contributed by atoms with Crippen molar-refractivity contribution in [3.05, 3.63) is 34.5 Å². The third-order valence-corrected chi connectivity index (χ3v) is 2.39. The highest BCUT2D eigenvalue weighted by Gasteiger charge is 2.18. The molecule has 0 saturated heterocycles. The van der Waals surface area contributed by atoms with Gasteiger partial charge in [-0.3, -0.25) is 10.1 Å². The Hall–Kier alpha value is -1.91. The van der Waals surface area contributed by atoms with Crippen molar-refractivity contribution in [1.29, 1.82) is 0 Å². The van der Waals surface area contributed by atoms with Crippen LogP contribution in [0.15, 0.2) is 24.4 Å². The van der Waals surface area contributed by atoms with Crippen LogP contribution in [0.1, 0.15) is 0 Å². The van der Waals surface area contributed by atoms with Gasteiger partial charge in [0.2, 0.25) is 6.20 Å². The van der Waals surface area contributed by atoms with Crippen molar-refractivity contribution >= 4 is 16.6 Å². The molecule has 14 heavy (non-hydrogen) atoms. The van der Waals surface area contributed by atoms with Crippen LogP contribution in [-0.2, 0) is 14.1 Å². The van der Waals surface area contributed by atoms with E-state index in [2.05, 4.69) is 0 Å². The summed E-state index contributed by atoms with van der Waals surface area (Å²) in [4.78, 5) is 10.4. The van der Waals surface area contributed by atoms with E-state index in [1.54, 1.807) is 12.3 Å². The van der Waals surface area contributed by atoms with Gasteiger partial charge < -0.3 is 0 Å². The van der Waals surface area contributed by atoms with Gasteiger partial charge in [0.15, 0.2) is 7.05 Å². The second-order valence-corrected chi connectivity index (χ2v) is 3.19. The van der Waals surface area contributed by atoms with Crippen LogP contribution in [0, 0.1) is 10.1 Å². The number of nitro groups is 1. The maximum Gasteiger partial charge on any atom is 0.285 e. The maximum atomic E-state index is 10.7. The van der Waals surface area contributed by atoms with Crippen LogP contribution in [-0.4, -0.2) is 9.61 Å². The zero-order valence-electron chi connectivity index (χ0n) is 7.97. The van der Waals surface area contributed by atoms with Gasteiger partial charge in [-0.1, -0.05) is 6.07 Å². The zero-order chi connectivity index (χ0) is 10.3. The van der Waals surface area contributed by atoms with Crippen molar-refractivity contribution in [1.82, 2.24) is 4.68 Å². The largest absolute Gasteiger partial charge is 0.285 e. The summed E-state index contributed by atoms with van der Waals surface area (Å²) in [6, 6.07) is 5.07. The summed E-state index contributed by atoms with van der Waals surface area (Å²) in [6.07, 6.45) is 1.76. The Morgan fingerprint density at radius 1 is 1.50 bits per heavy atom. The lowest BCUT2D eigenvalue weighted by molar-refractivity contribution is -0.748. The first-order chi connectivity index (χ1) is 6.61. The van der Waals surface area contributed by atoms with Crippen molar-refractivity contribution in [3.63, 3.8) is 0 Å². The zero-order valence-corrected chi connectivity index (χ0v) is 7.97. The quantitative estimate of drug-likeness (QED) is 0.383. The highest BCUT2D eigenvalue weighted by atomic mass is 16.6. The van der Waals surface area contributed by atoms with Gasteiger partial charge in [-0.25, -0.2) is 0 Å². The summed E-state index contributed by atoms with van der Waals surface area (Å²) < 4.78 is 3.68. The van der Waals surface area contributed by atoms with Crippen LogP contribution in [0.25, 0.3) is 10.9 Å². The summed E-state index contributed by atoms with van der Waals surface area (Å²) in [7, 11) is 3.72. The first-order valence-corrected chi connectivity index (χ1v) is 4.20. The molecular formula is C9H10N3O2+. The van der Waals surface area contributed by atoms with Crippen LogP contribution < -0.4 is 4.68 Å². The Kier molecular flexibility index (Phi) is 1.73.